The minimum Gasteiger partial charge on any atom is -0.468 e. The summed E-state index contributed by atoms with van der Waals surface area (Å²) >= 11 is 0. The lowest BCUT2D eigenvalue weighted by Gasteiger charge is -2.10. The van der Waals surface area contributed by atoms with E-state index in [1.807, 2.05) is 86.6 Å². The molecule has 0 amide bonds. The fourth-order valence-corrected chi connectivity index (χ4v) is 3.09. The number of aliphatic imine (C=N–C) groups is 2. The van der Waals surface area contributed by atoms with Gasteiger partial charge in [-0.05, 0) is 37.8 Å². The zero-order valence-corrected chi connectivity index (χ0v) is 30.9. The molecule has 0 saturated heterocycles. The number of hydrogen-bond donors (Lipinski definition) is 2. The molecule has 2 aromatic carbocycles. The molecule has 13 nitrogen and oxygen atoms in total. The van der Waals surface area contributed by atoms with Gasteiger partial charge in [-0.25, -0.2) is 9.59 Å². The smallest absolute Gasteiger partial charge is 0.348 e. The Hall–Kier alpha value is -5.10. The number of carbonyl (C=O) groups is 3. The van der Waals surface area contributed by atoms with Crippen LogP contribution in [0.5, 0.6) is 0 Å². The molecule has 0 aromatic heterocycles. The topological polar surface area (TPSA) is 221 Å². The van der Waals surface area contributed by atoms with E-state index in [0.717, 1.165) is 23.9 Å². The molecule has 50 heavy (non-hydrogen) atoms. The highest BCUT2D eigenvalue weighted by molar-refractivity contribution is 6.23. The van der Waals surface area contributed by atoms with E-state index >= 15 is 0 Å². The molecule has 0 aliphatic rings. The quantitative estimate of drug-likeness (QED) is 0.131. The predicted octanol–water partition coefficient (Wildman–Crippen LogP) is 5.27. The van der Waals surface area contributed by atoms with Crippen molar-refractivity contribution < 1.29 is 33.7 Å². The monoisotopic (exact) mass is 734 g/mol. The number of aliphatic hydroxyl groups excluding tert-OH is 1. The summed E-state index contributed by atoms with van der Waals surface area (Å²) in [7, 11) is 4.94. The molecule has 0 bridgehead atoms. The molecule has 0 radical (unpaired) electrons. The summed E-state index contributed by atoms with van der Waals surface area (Å²) in [5.41, 5.74) is 8.09. The van der Waals surface area contributed by atoms with Crippen molar-refractivity contribution in [1.29, 1.82) is 15.8 Å². The number of methoxy groups -OCH3 is 3. The van der Waals surface area contributed by atoms with Gasteiger partial charge in [-0.2, -0.15) is 15.8 Å². The normalized spacial score (nSPS) is 10.9. The minimum atomic E-state index is -0.648. The van der Waals surface area contributed by atoms with Crippen LogP contribution in [-0.2, 0) is 28.6 Å². The lowest BCUT2D eigenvalue weighted by Crippen LogP contribution is -2.31. The van der Waals surface area contributed by atoms with Gasteiger partial charge in [0.05, 0.1) is 45.6 Å². The second-order valence-electron chi connectivity index (χ2n) is 8.86. The first kappa shape index (κ1) is 54.4. The second kappa shape index (κ2) is 38.3. The number of rotatable bonds is 11. The lowest BCUT2D eigenvalue weighted by molar-refractivity contribution is -0.143. The van der Waals surface area contributed by atoms with Gasteiger partial charge in [0, 0.05) is 31.7 Å². The van der Waals surface area contributed by atoms with Crippen LogP contribution in [0.1, 0.15) is 56.7 Å². The summed E-state index contributed by atoms with van der Waals surface area (Å²) in [6, 6.07) is 23.7. The zero-order valence-electron chi connectivity index (χ0n) is 29.2. The number of nitriles is 3. The van der Waals surface area contributed by atoms with E-state index in [9.17, 15) is 14.4 Å². The van der Waals surface area contributed by atoms with E-state index in [1.165, 1.54) is 33.6 Å². The zero-order chi connectivity index (χ0) is 37.2. The van der Waals surface area contributed by atoms with E-state index in [4.69, 9.17) is 31.4 Å². The number of halogens is 2. The van der Waals surface area contributed by atoms with E-state index in [2.05, 4.69) is 26.0 Å². The summed E-state index contributed by atoms with van der Waals surface area (Å²) in [5, 5.41) is 31.2. The van der Waals surface area contributed by atoms with Gasteiger partial charge < -0.3 is 25.1 Å². The SMILES string of the molecule is C=CC#N.CO.COC(=O)C(CCC#N)N=C(C)c1ccccc1.COC(=O)C(N)CCC#N.COC(=O)C=NC(C)c1ccccc1.Cl.Cl. The lowest BCUT2D eigenvalue weighted by atomic mass is 10.1. The highest BCUT2D eigenvalue weighted by atomic mass is 35.5. The minimum absolute atomic E-state index is 0. The summed E-state index contributed by atoms with van der Waals surface area (Å²) in [6.07, 6.45) is 3.70. The van der Waals surface area contributed by atoms with Gasteiger partial charge in [-0.15, -0.1) is 24.8 Å². The molecule has 3 unspecified atom stereocenters. The van der Waals surface area contributed by atoms with Crippen LogP contribution in [0, 0.1) is 34.0 Å². The van der Waals surface area contributed by atoms with Gasteiger partial charge in [0.1, 0.15) is 18.3 Å². The number of nitrogens with two attached hydrogens (primary N) is 1. The van der Waals surface area contributed by atoms with E-state index in [-0.39, 0.29) is 43.7 Å². The Kier molecular flexibility index (Phi) is 41.7. The summed E-state index contributed by atoms with van der Waals surface area (Å²) in [6.45, 7) is 6.89. The van der Waals surface area contributed by atoms with Crippen LogP contribution < -0.4 is 5.73 Å². The Morgan fingerprint density at radius 2 is 1.32 bits per heavy atom. The molecular formula is C35H48Cl2N6O7. The number of esters is 3. The van der Waals surface area contributed by atoms with Crippen LogP contribution in [0.2, 0.25) is 0 Å². The van der Waals surface area contributed by atoms with Crippen LogP contribution in [0.15, 0.2) is 83.3 Å². The average molecular weight is 736 g/mol. The molecule has 3 N–H and O–H groups in total. The van der Waals surface area contributed by atoms with Gasteiger partial charge in [-0.1, -0.05) is 67.2 Å². The number of nitrogens with zero attached hydrogens (tertiary/aromatic N) is 5. The van der Waals surface area contributed by atoms with Crippen LogP contribution in [0.4, 0.5) is 0 Å². The van der Waals surface area contributed by atoms with Gasteiger partial charge in [0.25, 0.3) is 0 Å². The third kappa shape index (κ3) is 29.1. The first-order valence-electron chi connectivity index (χ1n) is 14.4. The standard InChI is InChI=1S/C14H16N2O2.C11H13NO2.C6H10N2O2.C3H3N.CH4O.2ClH/c1-11(12-7-4-3-5-8-12)16-13(9-6-10-15)14(17)18-2;1-9(12-8-11(13)14-2)10-6-4-3-5-7-10;1-10-6(9)5(8)3-2-4-7;1-2-3-4;1-2;;/h3-5,7-8,13H,6,9H2,1-2H3;3-9H,1-2H3;5H,2-3,8H2,1H3;2H,1H2;2H,1H3;2*1H. The Labute approximate surface area is 307 Å². The Bertz CT molecular complexity index is 1370. The summed E-state index contributed by atoms with van der Waals surface area (Å²) in [4.78, 5) is 41.3. The van der Waals surface area contributed by atoms with Crippen molar-refractivity contribution in [3.8, 4) is 18.2 Å². The van der Waals surface area contributed by atoms with E-state index < -0.39 is 30.0 Å². The number of allylic oxidation sites excluding steroid dienone is 1. The maximum atomic E-state index is 11.5. The number of benzene rings is 2. The first-order chi connectivity index (χ1) is 23.1. The Balaban J connectivity index is -0.000000189. The third-order valence-corrected chi connectivity index (χ3v) is 5.59. The van der Waals surface area contributed by atoms with Gasteiger partial charge >= 0.3 is 17.9 Å². The molecule has 0 aliphatic heterocycles. The van der Waals surface area contributed by atoms with Crippen molar-refractivity contribution in [3.05, 3.63) is 84.4 Å². The highest BCUT2D eigenvalue weighted by Gasteiger charge is 2.18. The predicted molar refractivity (Wildman–Crippen MR) is 198 cm³/mol. The van der Waals surface area contributed by atoms with Crippen LogP contribution in [0.25, 0.3) is 0 Å². The van der Waals surface area contributed by atoms with Crippen LogP contribution in [0.3, 0.4) is 0 Å². The molecule has 2 aromatic rings. The molecule has 0 saturated carbocycles. The van der Waals surface area contributed by atoms with Gasteiger partial charge in [0.15, 0.2) is 0 Å². The second-order valence-corrected chi connectivity index (χ2v) is 8.86. The molecule has 15 heteroatoms. The Morgan fingerprint density at radius 3 is 1.74 bits per heavy atom. The fourth-order valence-electron chi connectivity index (χ4n) is 3.09. The Morgan fingerprint density at radius 1 is 0.860 bits per heavy atom. The molecule has 0 fully saturated rings. The van der Waals surface area contributed by atoms with Crippen molar-refractivity contribution in [1.82, 2.24) is 0 Å². The largest absolute Gasteiger partial charge is 0.468 e. The maximum absolute atomic E-state index is 11.5. The molecule has 274 valence electrons. The molecule has 3 atom stereocenters. The summed E-state index contributed by atoms with van der Waals surface area (Å²) in [5.74, 6) is -1.29. The number of hydrogen-bond acceptors (Lipinski definition) is 13. The fraction of sp³-hybridized carbons (Fsp3) is 0.371. The van der Waals surface area contributed by atoms with E-state index in [0.29, 0.717) is 12.8 Å². The molecular weight excluding hydrogens is 687 g/mol. The summed E-state index contributed by atoms with van der Waals surface area (Å²) < 4.78 is 13.5. The highest BCUT2D eigenvalue weighted by Crippen LogP contribution is 2.14. The van der Waals surface area contributed by atoms with Crippen LogP contribution in [-0.4, -0.2) is 75.5 Å². The molecule has 2 rings (SSSR count). The average Bonchev–Trinajstić information content (AvgIpc) is 3.15. The number of carbonyl (C=O) groups excluding carboxylic acids is 3. The van der Waals surface area contributed by atoms with E-state index in [1.54, 1.807) is 6.07 Å². The van der Waals surface area contributed by atoms with Crippen molar-refractivity contribution in [2.45, 2.75) is 57.7 Å². The first-order valence-corrected chi connectivity index (χ1v) is 14.4. The number of ether oxygens (including phenoxy) is 3. The molecule has 0 spiro atoms. The number of aliphatic hydroxyl groups is 1. The van der Waals surface area contributed by atoms with Crippen molar-refractivity contribution in [3.63, 3.8) is 0 Å². The third-order valence-electron chi connectivity index (χ3n) is 5.59. The van der Waals surface area contributed by atoms with Crippen molar-refractivity contribution in [2.24, 2.45) is 15.7 Å². The van der Waals surface area contributed by atoms with Crippen molar-refractivity contribution >= 4 is 54.6 Å². The van der Waals surface area contributed by atoms with Gasteiger partial charge in [0.2, 0.25) is 0 Å². The van der Waals surface area contributed by atoms with Crippen LogP contribution >= 0.6 is 24.8 Å². The van der Waals surface area contributed by atoms with Crippen molar-refractivity contribution in [2.75, 3.05) is 28.4 Å². The molecule has 0 aliphatic carbocycles. The van der Waals surface area contributed by atoms with Gasteiger partial charge in [-0.3, -0.25) is 14.8 Å². The molecule has 0 heterocycles. The maximum Gasteiger partial charge on any atom is 0.348 e.